The Kier molecular flexibility index (Phi) is 6.80. The summed E-state index contributed by atoms with van der Waals surface area (Å²) in [6, 6.07) is 13.4. The van der Waals surface area contributed by atoms with Crippen molar-refractivity contribution in [2.75, 3.05) is 20.7 Å². The van der Waals surface area contributed by atoms with Gasteiger partial charge in [0.05, 0.1) is 24.6 Å². The lowest BCUT2D eigenvalue weighted by Gasteiger charge is -2.19. The van der Waals surface area contributed by atoms with Crippen molar-refractivity contribution in [2.45, 2.75) is 17.9 Å². The highest BCUT2D eigenvalue weighted by molar-refractivity contribution is 9.10. The van der Waals surface area contributed by atoms with Gasteiger partial charge < -0.3 is 10.1 Å². The highest BCUT2D eigenvalue weighted by Crippen LogP contribution is 2.19. The smallest absolute Gasteiger partial charge is 0.243 e. The van der Waals surface area contributed by atoms with Crippen LogP contribution in [0.15, 0.2) is 57.9 Å². The fraction of sp³-hybridized carbons (Fsp3) is 0.278. The summed E-state index contributed by atoms with van der Waals surface area (Å²) < 4.78 is 32.1. The lowest BCUT2D eigenvalue weighted by atomic mass is 10.1. The number of halogens is 1. The van der Waals surface area contributed by atoms with E-state index in [4.69, 9.17) is 4.74 Å². The van der Waals surface area contributed by atoms with Crippen LogP contribution in [0, 0.1) is 0 Å². The number of carbonyl (C=O) groups is 1. The van der Waals surface area contributed by atoms with Gasteiger partial charge in [0.1, 0.15) is 5.75 Å². The number of rotatable bonds is 7. The number of amides is 1. The topological polar surface area (TPSA) is 75.7 Å². The van der Waals surface area contributed by atoms with Crippen molar-refractivity contribution in [3.63, 3.8) is 0 Å². The van der Waals surface area contributed by atoms with Crippen LogP contribution in [-0.4, -0.2) is 39.3 Å². The van der Waals surface area contributed by atoms with Crippen LogP contribution in [0.4, 0.5) is 0 Å². The summed E-state index contributed by atoms with van der Waals surface area (Å²) in [4.78, 5) is 12.3. The molecule has 1 amide bonds. The molecule has 2 aromatic carbocycles. The van der Waals surface area contributed by atoms with E-state index in [0.717, 1.165) is 14.3 Å². The first-order chi connectivity index (χ1) is 12.2. The molecule has 6 nitrogen and oxygen atoms in total. The van der Waals surface area contributed by atoms with Gasteiger partial charge >= 0.3 is 0 Å². The summed E-state index contributed by atoms with van der Waals surface area (Å²) in [7, 11) is -0.869. The molecule has 0 saturated heterocycles. The minimum atomic E-state index is -3.75. The minimum absolute atomic E-state index is 0.106. The summed E-state index contributed by atoms with van der Waals surface area (Å²) in [5, 5.41) is 2.81. The Bertz CT molecular complexity index is 852. The zero-order chi connectivity index (χ0) is 19.3. The first kappa shape index (κ1) is 20.4. The molecule has 0 spiro atoms. The molecule has 0 fully saturated rings. The summed E-state index contributed by atoms with van der Waals surface area (Å²) in [6.07, 6.45) is 0. The number of benzene rings is 2. The van der Waals surface area contributed by atoms with Gasteiger partial charge in [-0.2, -0.15) is 4.31 Å². The molecule has 0 aliphatic rings. The molecule has 0 aliphatic heterocycles. The second-order valence-electron chi connectivity index (χ2n) is 5.78. The molecule has 0 aliphatic carbocycles. The molecule has 1 N–H and O–H groups in total. The van der Waals surface area contributed by atoms with Gasteiger partial charge in [-0.3, -0.25) is 4.79 Å². The number of hydrogen-bond donors (Lipinski definition) is 1. The number of carbonyl (C=O) groups excluding carboxylic acids is 1. The molecule has 0 heterocycles. The molecule has 140 valence electrons. The third kappa shape index (κ3) is 5.06. The first-order valence-corrected chi connectivity index (χ1v) is 10.1. The lowest BCUT2D eigenvalue weighted by molar-refractivity contribution is -0.121. The zero-order valence-electron chi connectivity index (χ0n) is 14.8. The second kappa shape index (κ2) is 8.66. The van der Waals surface area contributed by atoms with E-state index in [9.17, 15) is 13.2 Å². The normalized spacial score (nSPS) is 12.7. The van der Waals surface area contributed by atoms with E-state index in [1.54, 1.807) is 12.1 Å². The molecule has 0 aromatic heterocycles. The average molecular weight is 441 g/mol. The maximum atomic E-state index is 12.6. The number of nitrogens with one attached hydrogen (secondary N) is 1. The number of nitrogens with zero attached hydrogens (tertiary/aromatic N) is 1. The van der Waals surface area contributed by atoms with Gasteiger partial charge in [-0.25, -0.2) is 8.42 Å². The lowest BCUT2D eigenvalue weighted by Crippen LogP contribution is -2.39. The van der Waals surface area contributed by atoms with E-state index >= 15 is 0 Å². The minimum Gasteiger partial charge on any atom is -0.497 e. The molecule has 26 heavy (non-hydrogen) atoms. The average Bonchev–Trinajstić information content (AvgIpc) is 2.62. The van der Waals surface area contributed by atoms with Crippen molar-refractivity contribution in [1.29, 1.82) is 0 Å². The van der Waals surface area contributed by atoms with Crippen LogP contribution in [-0.2, 0) is 14.8 Å². The largest absolute Gasteiger partial charge is 0.497 e. The van der Waals surface area contributed by atoms with E-state index < -0.39 is 10.0 Å². The number of ether oxygens (including phenoxy) is 1. The number of hydrogen-bond acceptors (Lipinski definition) is 4. The first-order valence-electron chi connectivity index (χ1n) is 7.89. The molecule has 0 bridgehead atoms. The Hall–Kier alpha value is -1.90. The van der Waals surface area contributed by atoms with Crippen LogP contribution in [0.3, 0.4) is 0 Å². The van der Waals surface area contributed by atoms with Crippen molar-refractivity contribution in [3.05, 3.63) is 58.6 Å². The third-order valence-corrected chi connectivity index (χ3v) is 6.23. The summed E-state index contributed by atoms with van der Waals surface area (Å²) in [6.45, 7) is 1.58. The van der Waals surface area contributed by atoms with Crippen LogP contribution in [0.1, 0.15) is 18.5 Å². The molecule has 2 aromatic rings. The summed E-state index contributed by atoms with van der Waals surface area (Å²) in [5.74, 6) is 0.188. The quantitative estimate of drug-likeness (QED) is 0.717. The van der Waals surface area contributed by atoms with Crippen LogP contribution in [0.5, 0.6) is 5.75 Å². The van der Waals surface area contributed by atoms with Crippen molar-refractivity contribution in [2.24, 2.45) is 0 Å². The SMILES string of the molecule is COc1ccc(S(=O)(=O)N(C)CC(=O)N[C@H](C)c2ccc(Br)cc2)cc1. The Morgan fingerprint density at radius 3 is 2.27 bits per heavy atom. The van der Waals surface area contributed by atoms with Gasteiger partial charge in [0.15, 0.2) is 0 Å². The predicted molar refractivity (Wildman–Crippen MR) is 104 cm³/mol. The van der Waals surface area contributed by atoms with Gasteiger partial charge in [-0.05, 0) is 48.9 Å². The maximum absolute atomic E-state index is 12.6. The predicted octanol–water partition coefficient (Wildman–Crippen LogP) is 2.96. The molecule has 2 rings (SSSR count). The van der Waals surface area contributed by atoms with Crippen LogP contribution < -0.4 is 10.1 Å². The molecule has 0 saturated carbocycles. The standard InChI is InChI=1S/C18H21BrN2O4S/c1-13(14-4-6-15(19)7-5-14)20-18(22)12-21(2)26(23,24)17-10-8-16(25-3)9-11-17/h4-11,13H,12H2,1-3H3,(H,20,22)/t13-/m1/s1. The Morgan fingerprint density at radius 2 is 1.73 bits per heavy atom. The van der Waals surface area contributed by atoms with E-state index in [1.807, 2.05) is 31.2 Å². The fourth-order valence-electron chi connectivity index (χ4n) is 2.34. The number of likely N-dealkylation sites (N-methyl/N-ethyl adjacent to an activating group) is 1. The van der Waals surface area contributed by atoms with Crippen molar-refractivity contribution in [3.8, 4) is 5.75 Å². The number of sulfonamides is 1. The van der Waals surface area contributed by atoms with Crippen molar-refractivity contribution in [1.82, 2.24) is 9.62 Å². The Labute approximate surface area is 162 Å². The van der Waals surface area contributed by atoms with Crippen molar-refractivity contribution >= 4 is 31.9 Å². The van der Waals surface area contributed by atoms with E-state index in [1.165, 1.54) is 26.3 Å². The Balaban J connectivity index is 2.01. The molecule has 0 radical (unpaired) electrons. The van der Waals surface area contributed by atoms with Crippen LogP contribution >= 0.6 is 15.9 Å². The molecular formula is C18H21BrN2O4S. The maximum Gasteiger partial charge on any atom is 0.243 e. The highest BCUT2D eigenvalue weighted by atomic mass is 79.9. The van der Waals surface area contributed by atoms with Gasteiger partial charge in [-0.15, -0.1) is 0 Å². The second-order valence-corrected chi connectivity index (χ2v) is 8.74. The van der Waals surface area contributed by atoms with Crippen LogP contribution in [0.2, 0.25) is 0 Å². The molecule has 1 atom stereocenters. The summed E-state index contributed by atoms with van der Waals surface area (Å²) in [5.41, 5.74) is 0.933. The van der Waals surface area contributed by atoms with Crippen molar-refractivity contribution < 1.29 is 17.9 Å². The fourth-order valence-corrected chi connectivity index (χ4v) is 3.73. The van der Waals surface area contributed by atoms with Gasteiger partial charge in [0, 0.05) is 11.5 Å². The van der Waals surface area contributed by atoms with E-state index in [-0.39, 0.29) is 23.4 Å². The zero-order valence-corrected chi connectivity index (χ0v) is 17.2. The van der Waals surface area contributed by atoms with E-state index in [0.29, 0.717) is 5.75 Å². The van der Waals surface area contributed by atoms with Gasteiger partial charge in [0.25, 0.3) is 0 Å². The van der Waals surface area contributed by atoms with Gasteiger partial charge in [0.2, 0.25) is 15.9 Å². The van der Waals surface area contributed by atoms with Crippen LogP contribution in [0.25, 0.3) is 0 Å². The number of methoxy groups -OCH3 is 1. The molecule has 0 unspecified atom stereocenters. The molecule has 8 heteroatoms. The highest BCUT2D eigenvalue weighted by Gasteiger charge is 2.23. The summed E-state index contributed by atoms with van der Waals surface area (Å²) >= 11 is 3.36. The molecular weight excluding hydrogens is 420 g/mol. The van der Waals surface area contributed by atoms with Gasteiger partial charge in [-0.1, -0.05) is 28.1 Å². The third-order valence-electron chi connectivity index (χ3n) is 3.88. The van der Waals surface area contributed by atoms with E-state index in [2.05, 4.69) is 21.2 Å². The monoisotopic (exact) mass is 440 g/mol. The Morgan fingerprint density at radius 1 is 1.15 bits per heavy atom.